The van der Waals surface area contributed by atoms with E-state index in [4.69, 9.17) is 0 Å². The summed E-state index contributed by atoms with van der Waals surface area (Å²) < 4.78 is 13.8. The number of hydrogen-bond acceptors (Lipinski definition) is 3. The molecule has 1 aromatic heterocycles. The topological polar surface area (TPSA) is 19.4 Å². The van der Waals surface area contributed by atoms with Gasteiger partial charge in [0, 0.05) is 35.9 Å². The molecule has 2 aliphatic heterocycles. The van der Waals surface area contributed by atoms with E-state index in [0.717, 1.165) is 41.4 Å². The molecule has 2 saturated heterocycles. The number of hydrogen-bond donors (Lipinski definition) is 0. The van der Waals surface area contributed by atoms with Crippen molar-refractivity contribution >= 4 is 16.6 Å². The maximum absolute atomic E-state index is 13.8. The molecule has 3 heterocycles. The average molecular weight is 327 g/mol. The van der Waals surface area contributed by atoms with E-state index in [1.165, 1.54) is 51.3 Å². The Morgan fingerprint density at radius 3 is 2.67 bits per heavy atom. The maximum atomic E-state index is 13.8. The highest BCUT2D eigenvalue weighted by Gasteiger charge is 2.25. The van der Waals surface area contributed by atoms with Crippen LogP contribution in [0.4, 0.5) is 10.1 Å². The van der Waals surface area contributed by atoms with Gasteiger partial charge < -0.3 is 9.80 Å². The molecule has 1 unspecified atom stereocenters. The lowest BCUT2D eigenvalue weighted by atomic mass is 10.1. The van der Waals surface area contributed by atoms with Gasteiger partial charge in [0.2, 0.25) is 0 Å². The van der Waals surface area contributed by atoms with Crippen LogP contribution in [-0.4, -0.2) is 42.1 Å². The van der Waals surface area contributed by atoms with E-state index < -0.39 is 0 Å². The van der Waals surface area contributed by atoms with E-state index in [1.54, 1.807) is 12.1 Å². The molecule has 2 aliphatic rings. The summed E-state index contributed by atoms with van der Waals surface area (Å²) in [6.45, 7) is 6.67. The van der Waals surface area contributed by atoms with Crippen molar-refractivity contribution < 1.29 is 4.39 Å². The monoisotopic (exact) mass is 327 g/mol. The third-order valence-electron chi connectivity index (χ3n) is 5.57. The normalized spacial score (nSPS) is 22.9. The summed E-state index contributed by atoms with van der Waals surface area (Å²) in [6, 6.07) is 7.79. The van der Waals surface area contributed by atoms with Crippen LogP contribution in [0.2, 0.25) is 0 Å². The van der Waals surface area contributed by atoms with Crippen molar-refractivity contribution in [1.29, 1.82) is 0 Å². The van der Waals surface area contributed by atoms with Gasteiger partial charge in [0.25, 0.3) is 0 Å². The predicted octanol–water partition coefficient (Wildman–Crippen LogP) is 4.14. The van der Waals surface area contributed by atoms with Crippen molar-refractivity contribution in [3.05, 3.63) is 35.8 Å². The number of nitrogens with zero attached hydrogens (tertiary/aromatic N) is 3. The van der Waals surface area contributed by atoms with Crippen LogP contribution < -0.4 is 4.90 Å². The number of benzene rings is 1. The number of aromatic nitrogens is 1. The highest BCUT2D eigenvalue weighted by atomic mass is 19.1. The summed E-state index contributed by atoms with van der Waals surface area (Å²) >= 11 is 0. The lowest BCUT2D eigenvalue weighted by molar-refractivity contribution is 0.225. The number of aryl methyl sites for hydroxylation is 1. The first-order chi connectivity index (χ1) is 11.7. The minimum Gasteiger partial charge on any atom is -0.371 e. The molecule has 0 spiro atoms. The molecule has 0 aliphatic carbocycles. The fourth-order valence-corrected chi connectivity index (χ4v) is 4.36. The molecule has 1 aromatic carbocycles. The summed E-state index contributed by atoms with van der Waals surface area (Å²) in [7, 11) is 0. The quantitative estimate of drug-likeness (QED) is 0.826. The summed E-state index contributed by atoms with van der Waals surface area (Å²) in [4.78, 5) is 9.70. The molecule has 0 radical (unpaired) electrons. The van der Waals surface area contributed by atoms with Gasteiger partial charge in [0.1, 0.15) is 5.82 Å². The summed E-state index contributed by atoms with van der Waals surface area (Å²) in [6.07, 6.45) is 6.41. The zero-order valence-electron chi connectivity index (χ0n) is 14.5. The van der Waals surface area contributed by atoms with Gasteiger partial charge in [-0.15, -0.1) is 0 Å². The van der Waals surface area contributed by atoms with Crippen LogP contribution in [0.1, 0.15) is 37.8 Å². The van der Waals surface area contributed by atoms with E-state index in [-0.39, 0.29) is 5.82 Å². The SMILES string of the molecule is Cc1cc(N2CCCC(N3CCCC3)CC2)c2cc(F)ccc2n1. The lowest BCUT2D eigenvalue weighted by Gasteiger charge is -2.27. The molecule has 2 fully saturated rings. The van der Waals surface area contributed by atoms with E-state index in [0.29, 0.717) is 0 Å². The Hall–Kier alpha value is -1.68. The Balaban J connectivity index is 1.61. The number of pyridine rings is 1. The fraction of sp³-hybridized carbons (Fsp3) is 0.550. The van der Waals surface area contributed by atoms with Gasteiger partial charge in [-0.05, 0) is 76.4 Å². The molecular weight excluding hydrogens is 301 g/mol. The third-order valence-corrected chi connectivity index (χ3v) is 5.57. The number of likely N-dealkylation sites (tertiary alicyclic amines) is 1. The zero-order valence-corrected chi connectivity index (χ0v) is 14.5. The summed E-state index contributed by atoms with van der Waals surface area (Å²) in [5, 5.41) is 0.945. The second-order valence-electron chi connectivity index (χ2n) is 7.26. The molecule has 0 amide bonds. The number of fused-ring (bicyclic) bond motifs is 1. The Morgan fingerprint density at radius 2 is 1.83 bits per heavy atom. The second kappa shape index (κ2) is 6.67. The first kappa shape index (κ1) is 15.8. The highest BCUT2D eigenvalue weighted by molar-refractivity contribution is 5.92. The molecule has 0 bridgehead atoms. The van der Waals surface area contributed by atoms with Gasteiger partial charge in [-0.25, -0.2) is 4.39 Å². The third kappa shape index (κ3) is 3.12. The molecule has 128 valence electrons. The largest absolute Gasteiger partial charge is 0.371 e. The Labute approximate surface area is 143 Å². The van der Waals surface area contributed by atoms with Crippen LogP contribution in [-0.2, 0) is 0 Å². The highest BCUT2D eigenvalue weighted by Crippen LogP contribution is 2.30. The van der Waals surface area contributed by atoms with Gasteiger partial charge in [-0.1, -0.05) is 0 Å². The molecule has 4 heteroatoms. The van der Waals surface area contributed by atoms with Gasteiger partial charge in [0.15, 0.2) is 0 Å². The molecule has 0 N–H and O–H groups in total. The first-order valence-electron chi connectivity index (χ1n) is 9.26. The Kier molecular flexibility index (Phi) is 4.40. The van der Waals surface area contributed by atoms with E-state index in [9.17, 15) is 4.39 Å². The van der Waals surface area contributed by atoms with E-state index in [2.05, 4.69) is 20.9 Å². The van der Waals surface area contributed by atoms with E-state index in [1.807, 2.05) is 6.92 Å². The van der Waals surface area contributed by atoms with Crippen molar-refractivity contribution in [3.8, 4) is 0 Å². The molecule has 4 rings (SSSR count). The molecule has 1 atom stereocenters. The van der Waals surface area contributed by atoms with Crippen LogP contribution in [0.5, 0.6) is 0 Å². The van der Waals surface area contributed by atoms with Crippen LogP contribution in [0.3, 0.4) is 0 Å². The minimum atomic E-state index is -0.181. The Morgan fingerprint density at radius 1 is 1.00 bits per heavy atom. The van der Waals surface area contributed by atoms with Crippen LogP contribution >= 0.6 is 0 Å². The number of anilines is 1. The number of halogens is 1. The zero-order chi connectivity index (χ0) is 16.5. The lowest BCUT2D eigenvalue weighted by Crippen LogP contribution is -2.33. The number of rotatable bonds is 2. The smallest absolute Gasteiger partial charge is 0.124 e. The predicted molar refractivity (Wildman–Crippen MR) is 97.1 cm³/mol. The summed E-state index contributed by atoms with van der Waals surface area (Å²) in [5.74, 6) is -0.181. The fourth-order valence-electron chi connectivity index (χ4n) is 4.36. The first-order valence-corrected chi connectivity index (χ1v) is 9.26. The maximum Gasteiger partial charge on any atom is 0.124 e. The van der Waals surface area contributed by atoms with Crippen molar-refractivity contribution in [2.24, 2.45) is 0 Å². The Bertz CT molecular complexity index is 724. The van der Waals surface area contributed by atoms with Crippen molar-refractivity contribution in [2.45, 2.75) is 45.1 Å². The van der Waals surface area contributed by atoms with E-state index >= 15 is 0 Å². The second-order valence-corrected chi connectivity index (χ2v) is 7.26. The van der Waals surface area contributed by atoms with Gasteiger partial charge in [-0.3, -0.25) is 4.98 Å². The van der Waals surface area contributed by atoms with Crippen LogP contribution in [0, 0.1) is 12.7 Å². The molecular formula is C20H26FN3. The summed E-state index contributed by atoms with van der Waals surface area (Å²) in [5.41, 5.74) is 3.05. The van der Waals surface area contributed by atoms with Crippen LogP contribution in [0.15, 0.2) is 24.3 Å². The molecule has 2 aromatic rings. The van der Waals surface area contributed by atoms with Crippen molar-refractivity contribution in [1.82, 2.24) is 9.88 Å². The molecule has 3 nitrogen and oxygen atoms in total. The average Bonchev–Trinajstić information content (AvgIpc) is 2.99. The van der Waals surface area contributed by atoms with Crippen LogP contribution in [0.25, 0.3) is 10.9 Å². The van der Waals surface area contributed by atoms with Crippen molar-refractivity contribution in [2.75, 3.05) is 31.1 Å². The van der Waals surface area contributed by atoms with Crippen molar-refractivity contribution in [3.63, 3.8) is 0 Å². The standard InChI is InChI=1S/C20H26FN3/c1-15-13-20(18-14-16(21)6-7-19(18)22-15)24-11-4-5-17(8-12-24)23-9-2-3-10-23/h6-7,13-14,17H,2-5,8-12H2,1H3. The minimum absolute atomic E-state index is 0.181. The molecule has 24 heavy (non-hydrogen) atoms. The van der Waals surface area contributed by atoms with Gasteiger partial charge >= 0.3 is 0 Å². The molecule has 0 saturated carbocycles. The van der Waals surface area contributed by atoms with Gasteiger partial charge in [0.05, 0.1) is 5.52 Å². The van der Waals surface area contributed by atoms with Gasteiger partial charge in [-0.2, -0.15) is 0 Å².